The Morgan fingerprint density at radius 2 is 1.78 bits per heavy atom. The van der Waals surface area contributed by atoms with Crippen LogP contribution in [0.5, 0.6) is 0 Å². The number of hydrogen-bond donors (Lipinski definition) is 1. The van der Waals surface area contributed by atoms with Crippen molar-refractivity contribution >= 4 is 34.4 Å². The molecule has 2 bridgehead atoms. The highest BCUT2D eigenvalue weighted by Crippen LogP contribution is 2.21. The lowest BCUT2D eigenvalue weighted by Gasteiger charge is -2.08. The SMILES string of the molecule is O=C(O)n1c2ccc1=c1ccc3nccc4ncnc(c34)n1C=2. The summed E-state index contributed by atoms with van der Waals surface area (Å²) < 4.78 is 3.15. The van der Waals surface area contributed by atoms with Gasteiger partial charge in [0.15, 0.2) is 5.65 Å². The molecule has 0 unspecified atom stereocenters. The Morgan fingerprint density at radius 1 is 0.957 bits per heavy atom. The lowest BCUT2D eigenvalue weighted by molar-refractivity contribution is 0.195. The van der Waals surface area contributed by atoms with Gasteiger partial charge >= 0.3 is 6.09 Å². The Balaban J connectivity index is 2.18. The molecular formula is C16H9N5O2. The molecule has 0 aromatic carbocycles. The lowest BCUT2D eigenvalue weighted by Crippen LogP contribution is -2.26. The molecule has 0 aliphatic carbocycles. The smallest absolute Gasteiger partial charge is 0.416 e. The second-order valence-corrected chi connectivity index (χ2v) is 5.27. The third kappa shape index (κ3) is 1.48. The van der Waals surface area contributed by atoms with Crippen LogP contribution in [0.3, 0.4) is 0 Å². The van der Waals surface area contributed by atoms with Crippen molar-refractivity contribution in [3.63, 3.8) is 0 Å². The zero-order chi connectivity index (χ0) is 15.6. The zero-order valence-corrected chi connectivity index (χ0v) is 11.7. The summed E-state index contributed by atoms with van der Waals surface area (Å²) in [6.07, 6.45) is 3.97. The minimum absolute atomic E-state index is 0.587. The van der Waals surface area contributed by atoms with Crippen molar-refractivity contribution in [2.24, 2.45) is 0 Å². The minimum atomic E-state index is -1.01. The quantitative estimate of drug-likeness (QED) is 0.468. The first-order valence-electron chi connectivity index (χ1n) is 6.98. The highest BCUT2D eigenvalue weighted by atomic mass is 16.4. The highest BCUT2D eigenvalue weighted by molar-refractivity contribution is 6.03. The van der Waals surface area contributed by atoms with Gasteiger partial charge in [0.1, 0.15) is 6.33 Å². The maximum absolute atomic E-state index is 11.5. The Hall–Kier alpha value is -3.48. The van der Waals surface area contributed by atoms with E-state index in [9.17, 15) is 9.90 Å². The van der Waals surface area contributed by atoms with E-state index >= 15 is 0 Å². The van der Waals surface area contributed by atoms with Gasteiger partial charge < -0.3 is 5.11 Å². The average molecular weight is 303 g/mol. The van der Waals surface area contributed by atoms with E-state index < -0.39 is 6.09 Å². The molecule has 5 heterocycles. The Bertz CT molecular complexity index is 1290. The van der Waals surface area contributed by atoms with Gasteiger partial charge in [0, 0.05) is 12.4 Å². The number of pyridine rings is 1. The molecule has 0 saturated heterocycles. The van der Waals surface area contributed by atoms with E-state index in [0.29, 0.717) is 16.3 Å². The van der Waals surface area contributed by atoms with Gasteiger partial charge in [-0.05, 0) is 30.3 Å². The van der Waals surface area contributed by atoms with Crippen LogP contribution >= 0.6 is 0 Å². The fraction of sp³-hybridized carbons (Fsp3) is 0. The molecular weight excluding hydrogens is 294 g/mol. The summed E-state index contributed by atoms with van der Waals surface area (Å²) in [5.74, 6) is 0. The van der Waals surface area contributed by atoms with Crippen LogP contribution in [0, 0.1) is 10.7 Å². The van der Waals surface area contributed by atoms with Crippen molar-refractivity contribution in [3.05, 3.63) is 58.9 Å². The second-order valence-electron chi connectivity index (χ2n) is 5.27. The second kappa shape index (κ2) is 4.04. The van der Waals surface area contributed by atoms with Crippen molar-refractivity contribution in [2.75, 3.05) is 0 Å². The predicted molar refractivity (Wildman–Crippen MR) is 82.3 cm³/mol. The van der Waals surface area contributed by atoms with Gasteiger partial charge in [0.2, 0.25) is 0 Å². The molecule has 0 fully saturated rings. The maximum atomic E-state index is 11.5. The van der Waals surface area contributed by atoms with Crippen LogP contribution in [-0.4, -0.2) is 35.3 Å². The van der Waals surface area contributed by atoms with Crippen molar-refractivity contribution in [3.8, 4) is 0 Å². The molecule has 0 radical (unpaired) electrons. The molecule has 23 heavy (non-hydrogen) atoms. The van der Waals surface area contributed by atoms with Crippen molar-refractivity contribution in [1.29, 1.82) is 0 Å². The Morgan fingerprint density at radius 3 is 2.65 bits per heavy atom. The van der Waals surface area contributed by atoms with Gasteiger partial charge in [-0.1, -0.05) is 0 Å². The molecule has 0 atom stereocenters. The summed E-state index contributed by atoms with van der Waals surface area (Å²) in [7, 11) is 0. The largest absolute Gasteiger partial charge is 0.464 e. The molecule has 1 aliphatic rings. The lowest BCUT2D eigenvalue weighted by atomic mass is 10.2. The molecule has 0 amide bonds. The number of aromatic nitrogens is 5. The van der Waals surface area contributed by atoms with E-state index in [0.717, 1.165) is 21.8 Å². The standard InChI is InChI=1S/C16H9N5O2/c22-16(23)21-9-1-3-13(21)12-4-2-10-14-11(5-6-17-10)18-8-19-15(14)20(12)7-9/h1-8H,(H,22,23). The molecule has 7 heteroatoms. The number of carboxylic acid groups (broad SMARTS) is 1. The van der Waals surface area contributed by atoms with Crippen LogP contribution in [0.1, 0.15) is 0 Å². The minimum Gasteiger partial charge on any atom is -0.464 e. The van der Waals surface area contributed by atoms with Gasteiger partial charge in [0.05, 0.1) is 32.5 Å². The summed E-state index contributed by atoms with van der Waals surface area (Å²) in [4.78, 5) is 24.6. The van der Waals surface area contributed by atoms with Crippen molar-refractivity contribution in [2.45, 2.75) is 0 Å². The van der Waals surface area contributed by atoms with E-state index in [1.807, 2.05) is 22.8 Å². The predicted octanol–water partition coefficient (Wildman–Crippen LogP) is 1.47. The summed E-state index contributed by atoms with van der Waals surface area (Å²) in [6, 6.07) is 9.13. The normalized spacial score (nSPS) is 12.2. The van der Waals surface area contributed by atoms with E-state index in [2.05, 4.69) is 15.0 Å². The summed E-state index contributed by atoms with van der Waals surface area (Å²) >= 11 is 0. The van der Waals surface area contributed by atoms with E-state index in [-0.39, 0.29) is 0 Å². The molecule has 4 aromatic rings. The first-order valence-corrected chi connectivity index (χ1v) is 6.98. The topological polar surface area (TPSA) is 85.8 Å². The fourth-order valence-electron chi connectivity index (χ4n) is 3.11. The number of carbonyl (C=O) groups is 1. The van der Waals surface area contributed by atoms with E-state index in [1.54, 1.807) is 24.5 Å². The number of rotatable bonds is 0. The average Bonchev–Trinajstić information content (AvgIpc) is 2.79. The van der Waals surface area contributed by atoms with Crippen LogP contribution in [0.15, 0.2) is 42.9 Å². The third-order valence-electron chi connectivity index (χ3n) is 4.07. The molecule has 0 spiro atoms. The van der Waals surface area contributed by atoms with Gasteiger partial charge in [-0.15, -0.1) is 0 Å². The van der Waals surface area contributed by atoms with Gasteiger partial charge in [-0.3, -0.25) is 9.55 Å². The van der Waals surface area contributed by atoms with Gasteiger partial charge in [-0.25, -0.2) is 19.3 Å². The molecule has 0 saturated carbocycles. The molecule has 1 aliphatic heterocycles. The van der Waals surface area contributed by atoms with Crippen LogP contribution in [0.2, 0.25) is 0 Å². The Labute approximate surface area is 128 Å². The summed E-state index contributed by atoms with van der Waals surface area (Å²) in [6.45, 7) is 0. The van der Waals surface area contributed by atoms with Crippen LogP contribution in [0.4, 0.5) is 4.79 Å². The van der Waals surface area contributed by atoms with Crippen LogP contribution in [0.25, 0.3) is 28.3 Å². The number of hydrogen-bond acceptors (Lipinski definition) is 4. The van der Waals surface area contributed by atoms with E-state index in [4.69, 9.17) is 0 Å². The number of nitrogens with zero attached hydrogens (tertiary/aromatic N) is 5. The van der Waals surface area contributed by atoms with Crippen molar-refractivity contribution in [1.82, 2.24) is 24.1 Å². The van der Waals surface area contributed by atoms with Crippen LogP contribution in [-0.2, 0) is 0 Å². The van der Waals surface area contributed by atoms with Crippen molar-refractivity contribution < 1.29 is 9.90 Å². The fourth-order valence-corrected chi connectivity index (χ4v) is 3.11. The maximum Gasteiger partial charge on any atom is 0.416 e. The summed E-state index contributed by atoms with van der Waals surface area (Å²) in [5.41, 5.74) is 2.26. The van der Waals surface area contributed by atoms with Crippen LogP contribution < -0.4 is 5.35 Å². The first-order chi connectivity index (χ1) is 11.2. The molecule has 4 aromatic heterocycles. The monoisotopic (exact) mass is 303 g/mol. The molecule has 1 N–H and O–H groups in total. The Kier molecular flexibility index (Phi) is 2.12. The third-order valence-corrected chi connectivity index (χ3v) is 4.07. The van der Waals surface area contributed by atoms with E-state index in [1.165, 1.54) is 10.9 Å². The molecule has 110 valence electrons. The van der Waals surface area contributed by atoms with Gasteiger partial charge in [0.25, 0.3) is 0 Å². The molecule has 5 rings (SSSR count). The molecule has 7 nitrogen and oxygen atoms in total. The highest BCUT2D eigenvalue weighted by Gasteiger charge is 2.13. The zero-order valence-electron chi connectivity index (χ0n) is 11.7. The first kappa shape index (κ1) is 12.1. The summed E-state index contributed by atoms with van der Waals surface area (Å²) in [5, 5.41) is 12.2. The number of fused-ring (bicyclic) bond motifs is 4. The van der Waals surface area contributed by atoms with Gasteiger partial charge in [-0.2, -0.15) is 0 Å².